The van der Waals surface area contributed by atoms with E-state index in [1.807, 2.05) is 0 Å². The Hall–Kier alpha value is -1.97. The second-order valence-corrected chi connectivity index (χ2v) is 7.66. The van der Waals surface area contributed by atoms with Crippen LogP contribution in [-0.4, -0.2) is 60.1 Å². The predicted molar refractivity (Wildman–Crippen MR) is 101 cm³/mol. The summed E-state index contributed by atoms with van der Waals surface area (Å²) in [4.78, 5) is 19.5. The molecule has 0 spiro atoms. The van der Waals surface area contributed by atoms with E-state index in [0.29, 0.717) is 44.9 Å². The lowest BCUT2D eigenvalue weighted by atomic mass is 10.1. The lowest BCUT2D eigenvalue weighted by Gasteiger charge is -2.29. The smallest absolute Gasteiger partial charge is 0.379 e. The van der Waals surface area contributed by atoms with Crippen molar-refractivity contribution < 1.29 is 22.6 Å². The Morgan fingerprint density at radius 1 is 1.14 bits per heavy atom. The Morgan fingerprint density at radius 3 is 2.59 bits per heavy atom. The number of hydrogen-bond donors (Lipinski definition) is 0. The molecule has 6 nitrogen and oxygen atoms in total. The summed E-state index contributed by atoms with van der Waals surface area (Å²) >= 11 is 0. The van der Waals surface area contributed by atoms with Crippen LogP contribution in [0.15, 0.2) is 29.1 Å². The van der Waals surface area contributed by atoms with E-state index in [0.717, 1.165) is 17.5 Å². The Labute approximate surface area is 166 Å². The molecule has 1 aromatic carbocycles. The van der Waals surface area contributed by atoms with Gasteiger partial charge in [-0.2, -0.15) is 13.2 Å². The van der Waals surface area contributed by atoms with Gasteiger partial charge < -0.3 is 9.47 Å². The Kier molecular flexibility index (Phi) is 5.89. The number of likely N-dealkylation sites (tertiary alicyclic amines) is 1. The van der Waals surface area contributed by atoms with Crippen molar-refractivity contribution in [2.45, 2.75) is 31.6 Å². The van der Waals surface area contributed by atoms with Gasteiger partial charge in [0.1, 0.15) is 12.4 Å². The van der Waals surface area contributed by atoms with Crippen LogP contribution in [0, 0.1) is 5.92 Å². The van der Waals surface area contributed by atoms with E-state index in [4.69, 9.17) is 9.47 Å². The minimum atomic E-state index is -4.50. The number of halogens is 3. The molecule has 2 fully saturated rings. The molecule has 2 saturated heterocycles. The summed E-state index contributed by atoms with van der Waals surface area (Å²) in [7, 11) is 0. The van der Waals surface area contributed by atoms with Crippen LogP contribution in [-0.2, 0) is 16.0 Å². The molecule has 9 heteroatoms. The van der Waals surface area contributed by atoms with Crippen molar-refractivity contribution >= 4 is 10.9 Å². The molecule has 2 aromatic rings. The summed E-state index contributed by atoms with van der Waals surface area (Å²) in [6.45, 7) is 2.27. The molecule has 0 radical (unpaired) electrons. The number of ether oxygens (including phenoxy) is 2. The summed E-state index contributed by atoms with van der Waals surface area (Å²) in [6.07, 6.45) is -3.00. The molecule has 3 heterocycles. The van der Waals surface area contributed by atoms with Crippen molar-refractivity contribution in [2.75, 3.05) is 39.5 Å². The van der Waals surface area contributed by atoms with Crippen LogP contribution in [0.3, 0.4) is 0 Å². The summed E-state index contributed by atoms with van der Waals surface area (Å²) in [5, 5.41) is 0.204. The van der Waals surface area contributed by atoms with E-state index >= 15 is 0 Å². The second-order valence-electron chi connectivity index (χ2n) is 7.66. The SMILES string of the molecule is O=c1c2ccccc2nc(C2CCCN2CC2COCCOC2)n1CC(F)(F)F. The molecule has 4 rings (SSSR count). The molecule has 0 N–H and O–H groups in total. The molecule has 0 aliphatic carbocycles. The molecule has 158 valence electrons. The fourth-order valence-corrected chi connectivity index (χ4v) is 4.21. The van der Waals surface area contributed by atoms with Crippen LogP contribution in [0.5, 0.6) is 0 Å². The second kappa shape index (κ2) is 8.41. The zero-order valence-electron chi connectivity index (χ0n) is 16.0. The van der Waals surface area contributed by atoms with Crippen molar-refractivity contribution in [3.8, 4) is 0 Å². The molecular weight excluding hydrogens is 387 g/mol. The first-order chi connectivity index (χ1) is 13.9. The fraction of sp³-hybridized carbons (Fsp3) is 0.600. The van der Waals surface area contributed by atoms with Gasteiger partial charge in [0.25, 0.3) is 5.56 Å². The van der Waals surface area contributed by atoms with Gasteiger partial charge in [-0.3, -0.25) is 14.3 Å². The van der Waals surface area contributed by atoms with Crippen molar-refractivity contribution in [2.24, 2.45) is 5.92 Å². The lowest BCUT2D eigenvalue weighted by molar-refractivity contribution is -0.142. The molecule has 1 aromatic heterocycles. The van der Waals surface area contributed by atoms with Gasteiger partial charge in [-0.1, -0.05) is 12.1 Å². The molecule has 2 aliphatic rings. The minimum Gasteiger partial charge on any atom is -0.379 e. The average molecular weight is 411 g/mol. The van der Waals surface area contributed by atoms with Gasteiger partial charge in [-0.25, -0.2) is 4.98 Å². The number of benzene rings is 1. The number of fused-ring (bicyclic) bond motifs is 1. The van der Waals surface area contributed by atoms with Crippen LogP contribution < -0.4 is 5.56 Å². The third-order valence-electron chi connectivity index (χ3n) is 5.46. The number of nitrogens with zero attached hydrogens (tertiary/aromatic N) is 3. The highest BCUT2D eigenvalue weighted by Crippen LogP contribution is 2.33. The molecule has 0 saturated carbocycles. The van der Waals surface area contributed by atoms with Crippen LogP contribution >= 0.6 is 0 Å². The van der Waals surface area contributed by atoms with Crippen LogP contribution in [0.25, 0.3) is 10.9 Å². The monoisotopic (exact) mass is 411 g/mol. The maximum atomic E-state index is 13.3. The van der Waals surface area contributed by atoms with Gasteiger partial charge in [0.15, 0.2) is 0 Å². The molecule has 0 amide bonds. The normalized spacial score (nSPS) is 22.2. The number of alkyl halides is 3. The highest BCUT2D eigenvalue weighted by molar-refractivity contribution is 5.77. The highest BCUT2D eigenvalue weighted by Gasteiger charge is 2.36. The molecule has 1 atom stereocenters. The summed E-state index contributed by atoms with van der Waals surface area (Å²) in [5.74, 6) is 0.334. The summed E-state index contributed by atoms with van der Waals surface area (Å²) < 4.78 is 51.7. The number of rotatable bonds is 4. The third-order valence-corrected chi connectivity index (χ3v) is 5.46. The first kappa shape index (κ1) is 20.3. The van der Waals surface area contributed by atoms with E-state index < -0.39 is 18.3 Å². The number of hydrogen-bond acceptors (Lipinski definition) is 5. The van der Waals surface area contributed by atoms with Gasteiger partial charge in [0, 0.05) is 12.5 Å². The van der Waals surface area contributed by atoms with Crippen LogP contribution in [0.4, 0.5) is 13.2 Å². The van der Waals surface area contributed by atoms with E-state index in [9.17, 15) is 18.0 Å². The van der Waals surface area contributed by atoms with Crippen molar-refractivity contribution in [3.05, 3.63) is 40.4 Å². The van der Waals surface area contributed by atoms with Gasteiger partial charge >= 0.3 is 6.18 Å². The topological polar surface area (TPSA) is 56.6 Å². The summed E-state index contributed by atoms with van der Waals surface area (Å²) in [5.41, 5.74) is -0.213. The van der Waals surface area contributed by atoms with E-state index in [2.05, 4.69) is 9.88 Å². The summed E-state index contributed by atoms with van der Waals surface area (Å²) in [6, 6.07) is 6.23. The number of para-hydroxylation sites is 1. The first-order valence-corrected chi connectivity index (χ1v) is 9.88. The van der Waals surface area contributed by atoms with Crippen LogP contribution in [0.2, 0.25) is 0 Å². The lowest BCUT2D eigenvalue weighted by Crippen LogP contribution is -2.38. The Balaban J connectivity index is 1.70. The zero-order valence-corrected chi connectivity index (χ0v) is 16.0. The predicted octanol–water partition coefficient (Wildman–Crippen LogP) is 2.76. The maximum Gasteiger partial charge on any atom is 0.406 e. The average Bonchev–Trinajstić information content (AvgIpc) is 2.97. The maximum absolute atomic E-state index is 13.3. The van der Waals surface area contributed by atoms with Gasteiger partial charge in [0.2, 0.25) is 0 Å². The molecule has 29 heavy (non-hydrogen) atoms. The first-order valence-electron chi connectivity index (χ1n) is 9.88. The van der Waals surface area contributed by atoms with Crippen molar-refractivity contribution in [1.29, 1.82) is 0 Å². The van der Waals surface area contributed by atoms with E-state index in [-0.39, 0.29) is 23.2 Å². The molecule has 1 unspecified atom stereocenters. The highest BCUT2D eigenvalue weighted by atomic mass is 19.4. The fourth-order valence-electron chi connectivity index (χ4n) is 4.21. The van der Waals surface area contributed by atoms with E-state index in [1.54, 1.807) is 18.2 Å². The van der Waals surface area contributed by atoms with Gasteiger partial charge in [-0.15, -0.1) is 0 Å². The van der Waals surface area contributed by atoms with Crippen LogP contribution in [0.1, 0.15) is 24.7 Å². The molecule has 0 bridgehead atoms. The third kappa shape index (κ3) is 4.62. The Bertz CT molecular complexity index is 907. The quantitative estimate of drug-likeness (QED) is 0.775. The van der Waals surface area contributed by atoms with Gasteiger partial charge in [0.05, 0.1) is 43.4 Å². The molecular formula is C20H24F3N3O3. The standard InChI is InChI=1S/C20H24F3N3O3/c21-20(22,23)13-26-18(24-16-5-2-1-4-15(16)19(26)27)17-6-3-7-25(17)10-14-11-28-8-9-29-12-14/h1-2,4-5,14,17H,3,6-13H2. The van der Waals surface area contributed by atoms with Crippen molar-refractivity contribution in [3.63, 3.8) is 0 Å². The van der Waals surface area contributed by atoms with Crippen molar-refractivity contribution in [1.82, 2.24) is 14.5 Å². The largest absolute Gasteiger partial charge is 0.406 e. The Morgan fingerprint density at radius 2 is 1.86 bits per heavy atom. The number of aromatic nitrogens is 2. The van der Waals surface area contributed by atoms with Gasteiger partial charge in [-0.05, 0) is 31.5 Å². The zero-order chi connectivity index (χ0) is 20.4. The van der Waals surface area contributed by atoms with E-state index in [1.165, 1.54) is 6.07 Å². The molecule has 2 aliphatic heterocycles. The minimum absolute atomic E-state index is 0.140.